The van der Waals surface area contributed by atoms with Gasteiger partial charge < -0.3 is 9.79 Å². The molecule has 0 saturated carbocycles. The van der Waals surface area contributed by atoms with Gasteiger partial charge in [-0.05, 0) is 6.42 Å². The monoisotopic (exact) mass is 230 g/mol. The Morgan fingerprint density at radius 2 is 2.00 bits per heavy atom. The Kier molecular flexibility index (Phi) is 8.09. The molecule has 4 nitrogen and oxygen atoms in total. The van der Waals surface area contributed by atoms with Gasteiger partial charge in [0.15, 0.2) is 0 Å². The summed E-state index contributed by atoms with van der Waals surface area (Å²) in [7, 11) is -4.18. The first-order valence-corrected chi connectivity index (χ1v) is 3.79. The van der Waals surface area contributed by atoms with Gasteiger partial charge in [-0.25, -0.2) is 4.57 Å². The van der Waals surface area contributed by atoms with Crippen LogP contribution in [0, 0.1) is 0 Å². The Morgan fingerprint density at radius 3 is 2.11 bits per heavy atom. The van der Waals surface area contributed by atoms with Crippen molar-refractivity contribution in [3.8, 4) is 0 Å². The molecule has 54 valence electrons. The van der Waals surface area contributed by atoms with Gasteiger partial charge in [-0.3, -0.25) is 4.52 Å². The fraction of sp³-hybridized carbons (Fsp3) is 1.00. The predicted octanol–water partition coefficient (Wildman–Crippen LogP) is 0.503. The van der Waals surface area contributed by atoms with Crippen LogP contribution in [0.1, 0.15) is 13.3 Å². The van der Waals surface area contributed by atoms with Gasteiger partial charge in [0, 0.05) is 26.2 Å². The minimum Gasteiger partial charge on any atom is -0.303 e. The molecule has 2 N–H and O–H groups in total. The van der Waals surface area contributed by atoms with Gasteiger partial charge in [-0.15, -0.1) is 0 Å². The van der Waals surface area contributed by atoms with E-state index in [1.165, 1.54) is 0 Å². The third-order valence-corrected chi connectivity index (χ3v) is 0.983. The van der Waals surface area contributed by atoms with Crippen molar-refractivity contribution in [1.29, 1.82) is 0 Å². The first kappa shape index (κ1) is 12.6. The van der Waals surface area contributed by atoms with Crippen molar-refractivity contribution in [3.63, 3.8) is 0 Å². The third-order valence-electron chi connectivity index (χ3n) is 0.464. The number of rotatable bonds is 3. The Hall–Kier alpha value is 0.993. The Balaban J connectivity index is 0. The van der Waals surface area contributed by atoms with Gasteiger partial charge in [0.05, 0.1) is 6.61 Å². The normalized spacial score (nSPS) is 10.6. The number of phosphoric ester groups is 1. The number of hydrogen-bond acceptors (Lipinski definition) is 2. The maximum Gasteiger partial charge on any atom is 0.469 e. The van der Waals surface area contributed by atoms with Crippen LogP contribution in [0.15, 0.2) is 0 Å². The van der Waals surface area contributed by atoms with E-state index in [9.17, 15) is 4.57 Å². The van der Waals surface area contributed by atoms with Crippen LogP contribution in [0.3, 0.4) is 0 Å². The zero-order valence-electron chi connectivity index (χ0n) is 5.07. The third kappa shape index (κ3) is 12.2. The van der Waals surface area contributed by atoms with Crippen LogP contribution >= 0.6 is 7.82 Å². The molecule has 0 radical (unpaired) electrons. The molecular weight excluding hydrogens is 222 g/mol. The maximum atomic E-state index is 9.86. The first-order valence-electron chi connectivity index (χ1n) is 2.26. The quantitative estimate of drug-likeness (QED) is 0.694. The van der Waals surface area contributed by atoms with Crippen molar-refractivity contribution in [2.75, 3.05) is 6.61 Å². The second-order valence-corrected chi connectivity index (χ2v) is 2.56. The molecule has 0 amide bonds. The van der Waals surface area contributed by atoms with E-state index in [2.05, 4.69) is 4.52 Å². The van der Waals surface area contributed by atoms with Crippen molar-refractivity contribution in [2.45, 2.75) is 13.3 Å². The fourth-order valence-electron chi connectivity index (χ4n) is 0.210. The van der Waals surface area contributed by atoms with Gasteiger partial charge >= 0.3 is 7.82 Å². The molecule has 0 aromatic rings. The minimum atomic E-state index is -4.18. The molecule has 0 spiro atoms. The van der Waals surface area contributed by atoms with Crippen molar-refractivity contribution in [1.82, 2.24) is 0 Å². The van der Waals surface area contributed by atoms with Crippen LogP contribution in [0.5, 0.6) is 0 Å². The molecule has 0 heterocycles. The van der Waals surface area contributed by atoms with Crippen molar-refractivity contribution in [3.05, 3.63) is 0 Å². The Morgan fingerprint density at radius 1 is 1.56 bits per heavy atom. The van der Waals surface area contributed by atoms with E-state index >= 15 is 0 Å². The zero-order chi connectivity index (χ0) is 6.62. The average Bonchev–Trinajstić information content (AvgIpc) is 1.59. The van der Waals surface area contributed by atoms with Crippen LogP contribution in [0.25, 0.3) is 0 Å². The predicted molar refractivity (Wildman–Crippen MR) is 28.3 cm³/mol. The molecule has 0 aliphatic rings. The summed E-state index contributed by atoms with van der Waals surface area (Å²) in [6.45, 7) is 1.89. The molecule has 0 aromatic carbocycles. The largest absolute Gasteiger partial charge is 0.469 e. The molecule has 0 fully saturated rings. The minimum absolute atomic E-state index is 0. The molecular formula is C3H9O4PZr. The summed E-state index contributed by atoms with van der Waals surface area (Å²) < 4.78 is 13.9. The molecule has 0 aliphatic heterocycles. The van der Waals surface area contributed by atoms with Crippen LogP contribution in [0.4, 0.5) is 0 Å². The molecule has 0 aromatic heterocycles. The molecule has 0 saturated heterocycles. The van der Waals surface area contributed by atoms with Crippen molar-refractivity contribution in [2.24, 2.45) is 0 Å². The number of hydrogen-bond donors (Lipinski definition) is 2. The molecule has 0 bridgehead atoms. The Bertz CT molecular complexity index is 100.0. The summed E-state index contributed by atoms with van der Waals surface area (Å²) >= 11 is 0. The summed E-state index contributed by atoms with van der Waals surface area (Å²) in [5.74, 6) is 0. The smallest absolute Gasteiger partial charge is 0.303 e. The second-order valence-electron chi connectivity index (χ2n) is 1.32. The van der Waals surface area contributed by atoms with Gasteiger partial charge in [-0.1, -0.05) is 6.92 Å². The van der Waals surface area contributed by atoms with E-state index in [1.807, 2.05) is 0 Å². The van der Waals surface area contributed by atoms with E-state index in [-0.39, 0.29) is 32.8 Å². The van der Waals surface area contributed by atoms with Crippen LogP contribution in [0.2, 0.25) is 0 Å². The van der Waals surface area contributed by atoms with E-state index in [0.717, 1.165) is 0 Å². The molecule has 6 heteroatoms. The van der Waals surface area contributed by atoms with Crippen LogP contribution in [-0.2, 0) is 35.3 Å². The van der Waals surface area contributed by atoms with E-state index in [0.29, 0.717) is 6.42 Å². The summed E-state index contributed by atoms with van der Waals surface area (Å²) in [4.78, 5) is 16.1. The Labute approximate surface area is 73.0 Å². The average molecular weight is 231 g/mol. The summed E-state index contributed by atoms with van der Waals surface area (Å²) in [5, 5.41) is 0. The first-order chi connectivity index (χ1) is 3.56. The molecule has 0 unspecified atom stereocenters. The van der Waals surface area contributed by atoms with Gasteiger partial charge in [-0.2, -0.15) is 0 Å². The van der Waals surface area contributed by atoms with E-state index < -0.39 is 7.82 Å². The summed E-state index contributed by atoms with van der Waals surface area (Å²) in [5.41, 5.74) is 0. The maximum absolute atomic E-state index is 9.86. The number of phosphoric acid groups is 1. The van der Waals surface area contributed by atoms with Crippen molar-refractivity contribution >= 4 is 7.82 Å². The van der Waals surface area contributed by atoms with Gasteiger partial charge in [0.1, 0.15) is 0 Å². The standard InChI is InChI=1S/C3H9O4P.Zr/c1-2-3-7-8(4,5)6;/h2-3H2,1H3,(H2,4,5,6);. The second kappa shape index (κ2) is 5.75. The molecule has 0 atom stereocenters. The van der Waals surface area contributed by atoms with E-state index in [1.54, 1.807) is 6.92 Å². The topological polar surface area (TPSA) is 66.8 Å². The molecule has 0 rings (SSSR count). The SMILES string of the molecule is CCCOP(=O)(O)O.[Zr]. The van der Waals surface area contributed by atoms with Gasteiger partial charge in [0.25, 0.3) is 0 Å². The van der Waals surface area contributed by atoms with E-state index in [4.69, 9.17) is 9.79 Å². The summed E-state index contributed by atoms with van der Waals surface area (Å²) in [6, 6.07) is 0. The van der Waals surface area contributed by atoms with Crippen molar-refractivity contribution < 1.29 is 45.1 Å². The van der Waals surface area contributed by atoms with Crippen LogP contribution in [-0.4, -0.2) is 16.4 Å². The van der Waals surface area contributed by atoms with Crippen LogP contribution < -0.4 is 0 Å². The fourth-order valence-corrected chi connectivity index (χ4v) is 0.631. The molecule has 9 heavy (non-hydrogen) atoms. The van der Waals surface area contributed by atoms with Gasteiger partial charge in [0.2, 0.25) is 0 Å². The summed E-state index contributed by atoms with van der Waals surface area (Å²) in [6.07, 6.45) is 0.616. The zero-order valence-corrected chi connectivity index (χ0v) is 8.42. The molecule has 0 aliphatic carbocycles.